The molecule has 4 nitrogen and oxygen atoms in total. The van der Waals surface area contributed by atoms with Gasteiger partial charge in [-0.1, -0.05) is 38.4 Å². The lowest BCUT2D eigenvalue weighted by molar-refractivity contribution is -0.126. The number of amides is 1. The molecule has 1 aromatic rings. The second-order valence-electron chi connectivity index (χ2n) is 5.53. The maximum atomic E-state index is 12.0. The van der Waals surface area contributed by atoms with E-state index in [1.807, 2.05) is 0 Å². The number of hydrogen-bond acceptors (Lipinski definition) is 3. The smallest absolute Gasteiger partial charge is 0.297 e. The van der Waals surface area contributed by atoms with Crippen LogP contribution in [0, 0.1) is 5.41 Å². The molecular formula is C14H14ClNO3. The molecular weight excluding hydrogens is 266 g/mol. The molecule has 0 saturated carbocycles. The minimum absolute atomic E-state index is 0.124. The van der Waals surface area contributed by atoms with Crippen LogP contribution in [0.4, 0.5) is 5.69 Å². The lowest BCUT2D eigenvalue weighted by Gasteiger charge is -2.22. The van der Waals surface area contributed by atoms with E-state index in [2.05, 4.69) is 0 Å². The summed E-state index contributed by atoms with van der Waals surface area (Å²) in [6.45, 7) is 5.17. The van der Waals surface area contributed by atoms with Crippen molar-refractivity contribution < 1.29 is 14.4 Å². The van der Waals surface area contributed by atoms with Gasteiger partial charge < -0.3 is 0 Å². The molecule has 1 heterocycles. The van der Waals surface area contributed by atoms with Crippen molar-refractivity contribution in [3.05, 3.63) is 28.8 Å². The number of fused-ring (bicyclic) bond motifs is 1. The first-order chi connectivity index (χ1) is 8.73. The fraction of sp³-hybridized carbons (Fsp3) is 0.357. The van der Waals surface area contributed by atoms with Crippen LogP contribution in [0.25, 0.3) is 0 Å². The Labute approximate surface area is 116 Å². The van der Waals surface area contributed by atoms with Crippen molar-refractivity contribution in [3.8, 4) is 0 Å². The van der Waals surface area contributed by atoms with Crippen LogP contribution in [0.1, 0.15) is 31.1 Å². The van der Waals surface area contributed by atoms with Crippen molar-refractivity contribution in [1.29, 1.82) is 0 Å². The Morgan fingerprint density at radius 2 is 1.89 bits per heavy atom. The van der Waals surface area contributed by atoms with Crippen LogP contribution >= 0.6 is 11.6 Å². The molecule has 0 unspecified atom stereocenters. The number of carbonyl (C=O) groups is 3. The number of para-hydroxylation sites is 1. The standard InChI is InChI=1S/C14H14ClNO3/c1-14(2,3)10(17)7-16-11-8(12(18)13(16)19)5-4-6-9(11)15/h4-6H,7H2,1-3H3. The van der Waals surface area contributed by atoms with E-state index >= 15 is 0 Å². The monoisotopic (exact) mass is 279 g/mol. The highest BCUT2D eigenvalue weighted by Crippen LogP contribution is 2.36. The minimum atomic E-state index is -0.694. The fourth-order valence-electron chi connectivity index (χ4n) is 1.84. The summed E-state index contributed by atoms with van der Waals surface area (Å²) < 4.78 is 0. The minimum Gasteiger partial charge on any atom is -0.297 e. The Balaban J connectivity index is 2.42. The summed E-state index contributed by atoms with van der Waals surface area (Å²) in [5, 5.41) is 0.304. The van der Waals surface area contributed by atoms with Gasteiger partial charge in [0.25, 0.3) is 11.7 Å². The van der Waals surface area contributed by atoms with Crippen LogP contribution in [0.15, 0.2) is 18.2 Å². The summed E-state index contributed by atoms with van der Waals surface area (Å²) in [6, 6.07) is 4.76. The predicted molar refractivity (Wildman–Crippen MR) is 72.6 cm³/mol. The van der Waals surface area contributed by atoms with E-state index in [4.69, 9.17) is 11.6 Å². The molecule has 1 aromatic carbocycles. The van der Waals surface area contributed by atoms with E-state index in [-0.39, 0.29) is 17.9 Å². The van der Waals surface area contributed by atoms with Crippen molar-refractivity contribution in [1.82, 2.24) is 0 Å². The van der Waals surface area contributed by atoms with Gasteiger partial charge in [-0.15, -0.1) is 0 Å². The van der Waals surface area contributed by atoms with Crippen molar-refractivity contribution in [3.63, 3.8) is 0 Å². The maximum absolute atomic E-state index is 12.0. The third-order valence-corrected chi connectivity index (χ3v) is 3.38. The third-order valence-electron chi connectivity index (χ3n) is 3.08. The van der Waals surface area contributed by atoms with E-state index in [1.54, 1.807) is 39.0 Å². The second-order valence-corrected chi connectivity index (χ2v) is 5.94. The Morgan fingerprint density at radius 1 is 1.26 bits per heavy atom. The molecule has 100 valence electrons. The first kappa shape index (κ1) is 13.7. The zero-order chi connectivity index (χ0) is 14.4. The van der Waals surface area contributed by atoms with E-state index in [9.17, 15) is 14.4 Å². The summed E-state index contributed by atoms with van der Waals surface area (Å²) in [4.78, 5) is 37.0. The van der Waals surface area contributed by atoms with Crippen molar-refractivity contribution in [2.24, 2.45) is 5.41 Å². The zero-order valence-corrected chi connectivity index (χ0v) is 11.7. The highest BCUT2D eigenvalue weighted by atomic mass is 35.5. The van der Waals surface area contributed by atoms with Gasteiger partial charge in [0.2, 0.25) is 0 Å². The van der Waals surface area contributed by atoms with E-state index in [0.717, 1.165) is 0 Å². The molecule has 2 rings (SSSR count). The Bertz CT molecular complexity index is 587. The highest BCUT2D eigenvalue weighted by Gasteiger charge is 2.39. The summed E-state index contributed by atoms with van der Waals surface area (Å²) >= 11 is 6.04. The van der Waals surface area contributed by atoms with Gasteiger partial charge in [-0.05, 0) is 12.1 Å². The first-order valence-corrected chi connectivity index (χ1v) is 6.29. The number of carbonyl (C=O) groups excluding carboxylic acids is 3. The molecule has 1 amide bonds. The number of halogens is 1. The Hall–Kier alpha value is -1.68. The van der Waals surface area contributed by atoms with Gasteiger partial charge in [0, 0.05) is 5.41 Å². The molecule has 5 heteroatoms. The molecule has 0 saturated heterocycles. The molecule has 0 spiro atoms. The average Bonchev–Trinajstić information content (AvgIpc) is 2.55. The van der Waals surface area contributed by atoms with E-state index in [1.165, 1.54) is 4.90 Å². The van der Waals surface area contributed by atoms with Gasteiger partial charge in [0.15, 0.2) is 5.78 Å². The van der Waals surface area contributed by atoms with Crippen LogP contribution < -0.4 is 4.90 Å². The molecule has 0 N–H and O–H groups in total. The number of rotatable bonds is 2. The molecule has 0 bridgehead atoms. The number of anilines is 1. The number of ketones is 2. The maximum Gasteiger partial charge on any atom is 0.299 e. The lowest BCUT2D eigenvalue weighted by atomic mass is 9.90. The fourth-order valence-corrected chi connectivity index (χ4v) is 2.12. The average molecular weight is 280 g/mol. The van der Waals surface area contributed by atoms with Gasteiger partial charge in [-0.25, -0.2) is 0 Å². The summed E-state index contributed by atoms with van der Waals surface area (Å²) in [7, 11) is 0. The topological polar surface area (TPSA) is 54.5 Å². The van der Waals surface area contributed by atoms with Crippen molar-refractivity contribution in [2.45, 2.75) is 20.8 Å². The molecule has 1 aliphatic heterocycles. The van der Waals surface area contributed by atoms with Crippen LogP contribution in [0.3, 0.4) is 0 Å². The van der Waals surface area contributed by atoms with Crippen LogP contribution in [-0.4, -0.2) is 24.0 Å². The first-order valence-electron chi connectivity index (χ1n) is 5.91. The molecule has 0 radical (unpaired) electrons. The molecule has 1 aliphatic rings. The van der Waals surface area contributed by atoms with Gasteiger partial charge >= 0.3 is 0 Å². The quantitative estimate of drug-likeness (QED) is 0.782. The van der Waals surface area contributed by atoms with Gasteiger partial charge in [0.05, 0.1) is 22.8 Å². The summed E-state index contributed by atoms with van der Waals surface area (Å²) in [5.41, 5.74) is 0.0313. The summed E-state index contributed by atoms with van der Waals surface area (Å²) in [5.74, 6) is -1.43. The molecule has 0 fully saturated rings. The van der Waals surface area contributed by atoms with Crippen molar-refractivity contribution in [2.75, 3.05) is 11.4 Å². The lowest BCUT2D eigenvalue weighted by Crippen LogP contribution is -2.39. The molecule has 0 atom stereocenters. The third kappa shape index (κ3) is 2.28. The number of hydrogen-bond donors (Lipinski definition) is 0. The molecule has 0 aliphatic carbocycles. The van der Waals surface area contributed by atoms with Crippen molar-refractivity contribution >= 4 is 34.8 Å². The highest BCUT2D eigenvalue weighted by molar-refractivity contribution is 6.54. The zero-order valence-electron chi connectivity index (χ0n) is 11.0. The predicted octanol–water partition coefficient (Wildman–Crippen LogP) is 2.48. The van der Waals surface area contributed by atoms with Crippen LogP contribution in [-0.2, 0) is 9.59 Å². The largest absolute Gasteiger partial charge is 0.299 e. The van der Waals surface area contributed by atoms with Gasteiger partial charge in [-0.3, -0.25) is 19.3 Å². The summed E-state index contributed by atoms with van der Waals surface area (Å²) in [6.07, 6.45) is 0. The second kappa shape index (κ2) is 4.46. The normalized spacial score (nSPS) is 14.8. The van der Waals surface area contributed by atoms with Gasteiger partial charge in [-0.2, -0.15) is 0 Å². The molecule has 0 aromatic heterocycles. The van der Waals surface area contributed by atoms with E-state index in [0.29, 0.717) is 10.7 Å². The molecule has 19 heavy (non-hydrogen) atoms. The Morgan fingerprint density at radius 3 is 2.47 bits per heavy atom. The number of Topliss-reactive ketones (excluding diaryl/α,β-unsaturated/α-hetero) is 2. The SMILES string of the molecule is CC(C)(C)C(=O)CN1C(=O)C(=O)c2cccc(Cl)c21. The Kier molecular flexibility index (Phi) is 3.22. The number of benzene rings is 1. The van der Waals surface area contributed by atoms with Gasteiger partial charge in [0.1, 0.15) is 0 Å². The van der Waals surface area contributed by atoms with E-state index < -0.39 is 17.1 Å². The van der Waals surface area contributed by atoms with Crippen LogP contribution in [0.2, 0.25) is 5.02 Å². The number of nitrogens with zero attached hydrogens (tertiary/aromatic N) is 1. The van der Waals surface area contributed by atoms with Crippen LogP contribution in [0.5, 0.6) is 0 Å².